The SMILES string of the molecule is OC1CCCc2cc(OCCCC3CCCO3)ccc21. The van der Waals surface area contributed by atoms with Crippen LogP contribution in [0.1, 0.15) is 55.8 Å². The third kappa shape index (κ3) is 3.33. The Labute approximate surface area is 120 Å². The van der Waals surface area contributed by atoms with E-state index in [4.69, 9.17) is 9.47 Å². The zero-order chi connectivity index (χ0) is 13.8. The molecule has 0 spiro atoms. The average Bonchev–Trinajstić information content (AvgIpc) is 2.97. The van der Waals surface area contributed by atoms with Gasteiger partial charge in [-0.25, -0.2) is 0 Å². The molecule has 1 saturated heterocycles. The molecule has 1 aromatic carbocycles. The number of aliphatic hydroxyl groups is 1. The molecule has 1 N–H and O–H groups in total. The quantitative estimate of drug-likeness (QED) is 0.838. The van der Waals surface area contributed by atoms with Crippen LogP contribution in [0.25, 0.3) is 0 Å². The largest absolute Gasteiger partial charge is 0.494 e. The third-order valence-electron chi connectivity index (χ3n) is 4.36. The summed E-state index contributed by atoms with van der Waals surface area (Å²) in [6, 6.07) is 6.11. The highest BCUT2D eigenvalue weighted by molar-refractivity contribution is 5.38. The zero-order valence-corrected chi connectivity index (χ0v) is 12.0. The van der Waals surface area contributed by atoms with Crippen molar-refractivity contribution in [3.63, 3.8) is 0 Å². The molecule has 1 heterocycles. The third-order valence-corrected chi connectivity index (χ3v) is 4.36. The molecule has 3 rings (SSSR count). The van der Waals surface area contributed by atoms with Gasteiger partial charge in [0.15, 0.2) is 0 Å². The Bertz CT molecular complexity index is 438. The Morgan fingerprint density at radius 3 is 3.05 bits per heavy atom. The van der Waals surface area contributed by atoms with Gasteiger partial charge in [-0.05, 0) is 68.2 Å². The van der Waals surface area contributed by atoms with Crippen molar-refractivity contribution >= 4 is 0 Å². The highest BCUT2D eigenvalue weighted by atomic mass is 16.5. The Hall–Kier alpha value is -1.06. The van der Waals surface area contributed by atoms with Gasteiger partial charge in [0.1, 0.15) is 5.75 Å². The molecule has 1 fully saturated rings. The second-order valence-corrected chi connectivity index (χ2v) is 5.89. The maximum atomic E-state index is 9.93. The summed E-state index contributed by atoms with van der Waals surface area (Å²) < 4.78 is 11.4. The number of rotatable bonds is 5. The molecule has 1 aliphatic carbocycles. The topological polar surface area (TPSA) is 38.7 Å². The molecular formula is C17H24O3. The summed E-state index contributed by atoms with van der Waals surface area (Å²) in [4.78, 5) is 0. The Morgan fingerprint density at radius 2 is 2.20 bits per heavy atom. The van der Waals surface area contributed by atoms with Crippen molar-refractivity contribution in [3.05, 3.63) is 29.3 Å². The summed E-state index contributed by atoms with van der Waals surface area (Å²) >= 11 is 0. The van der Waals surface area contributed by atoms with Gasteiger partial charge in [0.25, 0.3) is 0 Å². The van der Waals surface area contributed by atoms with Crippen molar-refractivity contribution in [3.8, 4) is 5.75 Å². The summed E-state index contributed by atoms with van der Waals surface area (Å²) in [6.45, 7) is 1.68. The number of aliphatic hydroxyl groups excluding tert-OH is 1. The molecule has 3 nitrogen and oxygen atoms in total. The molecule has 2 unspecified atom stereocenters. The summed E-state index contributed by atoms with van der Waals surface area (Å²) in [6.07, 6.45) is 7.73. The van der Waals surface area contributed by atoms with Crippen LogP contribution in [0.2, 0.25) is 0 Å². The van der Waals surface area contributed by atoms with Crippen molar-refractivity contribution in [1.29, 1.82) is 0 Å². The maximum Gasteiger partial charge on any atom is 0.119 e. The lowest BCUT2D eigenvalue weighted by atomic mass is 9.89. The molecule has 0 aromatic heterocycles. The van der Waals surface area contributed by atoms with Crippen LogP contribution < -0.4 is 4.74 Å². The second kappa shape index (κ2) is 6.59. The first-order chi connectivity index (χ1) is 9.83. The highest BCUT2D eigenvalue weighted by Gasteiger charge is 2.18. The van der Waals surface area contributed by atoms with Gasteiger partial charge in [-0.1, -0.05) is 6.07 Å². The standard InChI is InChI=1S/C17H24O3/c18-17-7-1-4-13-12-15(8-9-16(13)17)20-11-3-6-14-5-2-10-19-14/h8-9,12,14,17-18H,1-7,10-11H2. The molecule has 20 heavy (non-hydrogen) atoms. The van der Waals surface area contributed by atoms with Crippen molar-refractivity contribution in [2.24, 2.45) is 0 Å². The highest BCUT2D eigenvalue weighted by Crippen LogP contribution is 2.32. The zero-order valence-electron chi connectivity index (χ0n) is 12.0. The lowest BCUT2D eigenvalue weighted by Gasteiger charge is -2.21. The Kier molecular flexibility index (Phi) is 4.58. The van der Waals surface area contributed by atoms with E-state index in [1.54, 1.807) is 0 Å². The molecule has 1 aliphatic heterocycles. The van der Waals surface area contributed by atoms with E-state index in [0.29, 0.717) is 6.10 Å². The fourth-order valence-electron chi connectivity index (χ4n) is 3.23. The number of hydrogen-bond donors (Lipinski definition) is 1. The van der Waals surface area contributed by atoms with E-state index >= 15 is 0 Å². The van der Waals surface area contributed by atoms with E-state index in [0.717, 1.165) is 56.6 Å². The second-order valence-electron chi connectivity index (χ2n) is 5.89. The Balaban J connectivity index is 1.48. The minimum atomic E-state index is -0.285. The number of aryl methyl sites for hydroxylation is 1. The fourth-order valence-corrected chi connectivity index (χ4v) is 3.23. The first kappa shape index (κ1) is 13.9. The van der Waals surface area contributed by atoms with Crippen LogP contribution in [-0.2, 0) is 11.2 Å². The van der Waals surface area contributed by atoms with E-state index in [-0.39, 0.29) is 6.10 Å². The molecule has 2 atom stereocenters. The predicted octanol–water partition coefficient (Wildman–Crippen LogP) is 3.39. The van der Waals surface area contributed by atoms with E-state index in [1.807, 2.05) is 12.1 Å². The van der Waals surface area contributed by atoms with Gasteiger partial charge in [0.05, 0.1) is 18.8 Å². The normalized spacial score (nSPS) is 25.4. The van der Waals surface area contributed by atoms with Crippen LogP contribution in [0.15, 0.2) is 18.2 Å². The lowest BCUT2D eigenvalue weighted by molar-refractivity contribution is 0.0981. The summed E-state index contributed by atoms with van der Waals surface area (Å²) in [7, 11) is 0. The van der Waals surface area contributed by atoms with Crippen molar-refractivity contribution < 1.29 is 14.6 Å². The minimum absolute atomic E-state index is 0.285. The van der Waals surface area contributed by atoms with E-state index in [9.17, 15) is 5.11 Å². The van der Waals surface area contributed by atoms with Crippen molar-refractivity contribution in [1.82, 2.24) is 0 Å². The van der Waals surface area contributed by atoms with Crippen LogP contribution in [0.4, 0.5) is 0 Å². The number of hydrogen-bond acceptors (Lipinski definition) is 3. The Morgan fingerprint density at radius 1 is 1.25 bits per heavy atom. The first-order valence-electron chi connectivity index (χ1n) is 7.88. The summed E-state index contributed by atoms with van der Waals surface area (Å²) in [5, 5.41) is 9.93. The fraction of sp³-hybridized carbons (Fsp3) is 0.647. The number of fused-ring (bicyclic) bond motifs is 1. The van der Waals surface area contributed by atoms with Crippen LogP contribution in [0, 0.1) is 0 Å². The van der Waals surface area contributed by atoms with Crippen LogP contribution in [-0.4, -0.2) is 24.4 Å². The molecule has 110 valence electrons. The predicted molar refractivity (Wildman–Crippen MR) is 78.0 cm³/mol. The summed E-state index contributed by atoms with van der Waals surface area (Å²) in [5.41, 5.74) is 2.34. The van der Waals surface area contributed by atoms with Gasteiger partial charge in [0, 0.05) is 6.61 Å². The molecule has 0 saturated carbocycles. The number of ether oxygens (including phenoxy) is 2. The monoisotopic (exact) mass is 276 g/mol. The van der Waals surface area contributed by atoms with E-state index in [2.05, 4.69) is 6.07 Å². The van der Waals surface area contributed by atoms with Gasteiger partial charge in [-0.15, -0.1) is 0 Å². The first-order valence-corrected chi connectivity index (χ1v) is 7.88. The van der Waals surface area contributed by atoms with E-state index < -0.39 is 0 Å². The molecule has 2 aliphatic rings. The van der Waals surface area contributed by atoms with Gasteiger partial charge in [0.2, 0.25) is 0 Å². The maximum absolute atomic E-state index is 9.93. The molecule has 0 amide bonds. The van der Waals surface area contributed by atoms with Crippen LogP contribution in [0.3, 0.4) is 0 Å². The molecule has 0 radical (unpaired) electrons. The van der Waals surface area contributed by atoms with Gasteiger partial charge in [-0.2, -0.15) is 0 Å². The molecule has 1 aromatic rings. The summed E-state index contributed by atoms with van der Waals surface area (Å²) in [5.74, 6) is 0.935. The van der Waals surface area contributed by atoms with Crippen molar-refractivity contribution in [2.45, 2.75) is 57.2 Å². The minimum Gasteiger partial charge on any atom is -0.494 e. The van der Waals surface area contributed by atoms with Gasteiger partial charge >= 0.3 is 0 Å². The van der Waals surface area contributed by atoms with Gasteiger partial charge in [-0.3, -0.25) is 0 Å². The smallest absolute Gasteiger partial charge is 0.119 e. The number of benzene rings is 1. The molecule has 0 bridgehead atoms. The van der Waals surface area contributed by atoms with E-state index in [1.165, 1.54) is 18.4 Å². The van der Waals surface area contributed by atoms with Gasteiger partial charge < -0.3 is 14.6 Å². The van der Waals surface area contributed by atoms with Crippen LogP contribution >= 0.6 is 0 Å². The lowest BCUT2D eigenvalue weighted by Crippen LogP contribution is -2.10. The van der Waals surface area contributed by atoms with Crippen molar-refractivity contribution in [2.75, 3.05) is 13.2 Å². The molecular weight excluding hydrogens is 252 g/mol. The average molecular weight is 276 g/mol. The molecule has 3 heteroatoms. The van der Waals surface area contributed by atoms with Crippen LogP contribution in [0.5, 0.6) is 5.75 Å².